The highest BCUT2D eigenvalue weighted by molar-refractivity contribution is 7.10. The molecule has 1 unspecified atom stereocenters. The normalized spacial score (nSPS) is 13.5. The van der Waals surface area contributed by atoms with E-state index in [0.29, 0.717) is 11.6 Å². The van der Waals surface area contributed by atoms with Crippen LogP contribution in [0.15, 0.2) is 41.8 Å². The van der Waals surface area contributed by atoms with Crippen molar-refractivity contribution in [2.45, 2.75) is 19.1 Å². The number of aliphatic hydroxyl groups is 1. The second-order valence-corrected chi connectivity index (χ2v) is 6.30. The monoisotopic (exact) mass is 324 g/mol. The lowest BCUT2D eigenvalue weighted by Crippen LogP contribution is -2.42. The van der Waals surface area contributed by atoms with Crippen LogP contribution in [0.3, 0.4) is 0 Å². The molecular weight excluding hydrogens is 308 g/mol. The number of thiophene rings is 1. The number of nitrogens with one attached hydrogen (secondary N) is 2. The molecule has 2 rings (SSSR count). The molecule has 1 atom stereocenters. The van der Waals surface area contributed by atoms with Crippen LogP contribution in [0.4, 0.5) is 4.79 Å². The molecule has 21 heavy (non-hydrogen) atoms. The Morgan fingerprint density at radius 3 is 2.62 bits per heavy atom. The summed E-state index contributed by atoms with van der Waals surface area (Å²) in [5.74, 6) is 0. The first-order chi connectivity index (χ1) is 9.97. The lowest BCUT2D eigenvalue weighted by molar-refractivity contribution is 0.0631. The largest absolute Gasteiger partial charge is 0.383 e. The van der Waals surface area contributed by atoms with Crippen molar-refractivity contribution in [3.05, 3.63) is 57.2 Å². The summed E-state index contributed by atoms with van der Waals surface area (Å²) in [5, 5.41) is 18.3. The van der Waals surface area contributed by atoms with E-state index in [-0.39, 0.29) is 12.6 Å². The van der Waals surface area contributed by atoms with Gasteiger partial charge in [-0.3, -0.25) is 0 Å². The molecule has 2 aromatic rings. The third kappa shape index (κ3) is 4.74. The molecule has 3 N–H and O–H groups in total. The lowest BCUT2D eigenvalue weighted by atomic mass is 10.1. The number of urea groups is 1. The van der Waals surface area contributed by atoms with E-state index >= 15 is 0 Å². The molecule has 1 heterocycles. The summed E-state index contributed by atoms with van der Waals surface area (Å²) in [7, 11) is 0. The van der Waals surface area contributed by atoms with Gasteiger partial charge in [-0.05, 0) is 36.1 Å². The van der Waals surface area contributed by atoms with Crippen molar-refractivity contribution < 1.29 is 9.90 Å². The molecule has 0 aliphatic rings. The Kier molecular flexibility index (Phi) is 5.22. The van der Waals surface area contributed by atoms with Crippen LogP contribution in [-0.4, -0.2) is 17.7 Å². The summed E-state index contributed by atoms with van der Waals surface area (Å²) in [6.45, 7) is 2.24. The molecule has 0 aliphatic heterocycles. The summed E-state index contributed by atoms with van der Waals surface area (Å²) in [6, 6.07) is 10.7. The molecule has 0 spiro atoms. The van der Waals surface area contributed by atoms with Gasteiger partial charge in [0.1, 0.15) is 5.60 Å². The number of halogens is 1. The fourth-order valence-corrected chi connectivity index (χ4v) is 2.68. The van der Waals surface area contributed by atoms with Crippen molar-refractivity contribution in [2.75, 3.05) is 6.54 Å². The molecule has 6 heteroatoms. The van der Waals surface area contributed by atoms with Crippen molar-refractivity contribution in [3.8, 4) is 0 Å². The molecule has 1 aromatic carbocycles. The maximum atomic E-state index is 11.7. The van der Waals surface area contributed by atoms with Crippen molar-refractivity contribution >= 4 is 29.0 Å². The van der Waals surface area contributed by atoms with Crippen LogP contribution in [-0.2, 0) is 12.1 Å². The van der Waals surface area contributed by atoms with E-state index in [1.54, 1.807) is 19.1 Å². The van der Waals surface area contributed by atoms with Crippen molar-refractivity contribution in [2.24, 2.45) is 0 Å². The van der Waals surface area contributed by atoms with E-state index in [1.165, 1.54) is 11.3 Å². The highest BCUT2D eigenvalue weighted by atomic mass is 35.5. The van der Waals surface area contributed by atoms with Crippen molar-refractivity contribution in [3.63, 3.8) is 0 Å². The quantitative estimate of drug-likeness (QED) is 0.791. The van der Waals surface area contributed by atoms with Gasteiger partial charge in [-0.1, -0.05) is 29.8 Å². The van der Waals surface area contributed by atoms with Gasteiger partial charge in [0.25, 0.3) is 0 Å². The number of carbonyl (C=O) groups excluding carboxylic acids is 1. The number of hydrogen-bond acceptors (Lipinski definition) is 3. The molecule has 112 valence electrons. The van der Waals surface area contributed by atoms with Crippen molar-refractivity contribution in [1.82, 2.24) is 10.6 Å². The smallest absolute Gasteiger partial charge is 0.315 e. The predicted octanol–water partition coefficient (Wildman–Crippen LogP) is 3.11. The van der Waals surface area contributed by atoms with E-state index < -0.39 is 5.60 Å². The van der Waals surface area contributed by atoms with Crippen LogP contribution in [0.2, 0.25) is 5.02 Å². The maximum Gasteiger partial charge on any atom is 0.315 e. The zero-order valence-electron chi connectivity index (χ0n) is 11.6. The summed E-state index contributed by atoms with van der Waals surface area (Å²) in [6.07, 6.45) is 0. The highest BCUT2D eigenvalue weighted by Crippen LogP contribution is 2.24. The first-order valence-corrected chi connectivity index (χ1v) is 7.76. The van der Waals surface area contributed by atoms with Crippen LogP contribution < -0.4 is 10.6 Å². The summed E-state index contributed by atoms with van der Waals surface area (Å²) < 4.78 is 0. The van der Waals surface area contributed by atoms with Gasteiger partial charge in [0.15, 0.2) is 0 Å². The second-order valence-electron chi connectivity index (χ2n) is 4.91. The number of carbonyl (C=O) groups is 1. The summed E-state index contributed by atoms with van der Waals surface area (Å²) >= 11 is 7.26. The molecule has 2 amide bonds. The first-order valence-electron chi connectivity index (χ1n) is 6.50. The lowest BCUT2D eigenvalue weighted by Gasteiger charge is -2.22. The Bertz CT molecular complexity index is 582. The minimum Gasteiger partial charge on any atom is -0.383 e. The van der Waals surface area contributed by atoms with Gasteiger partial charge in [0, 0.05) is 16.4 Å². The molecule has 0 saturated carbocycles. The van der Waals surface area contributed by atoms with Gasteiger partial charge in [-0.25, -0.2) is 4.79 Å². The Hall–Kier alpha value is -1.56. The Labute approximate surface area is 132 Å². The molecule has 0 radical (unpaired) electrons. The molecule has 1 aromatic heterocycles. The van der Waals surface area contributed by atoms with Gasteiger partial charge in [-0.2, -0.15) is 0 Å². The third-order valence-electron chi connectivity index (χ3n) is 3.01. The second kappa shape index (κ2) is 6.93. The van der Waals surface area contributed by atoms with E-state index in [9.17, 15) is 9.90 Å². The number of rotatable bonds is 5. The molecule has 4 nitrogen and oxygen atoms in total. The predicted molar refractivity (Wildman–Crippen MR) is 85.6 cm³/mol. The van der Waals surface area contributed by atoms with Gasteiger partial charge in [-0.15, -0.1) is 11.3 Å². The van der Waals surface area contributed by atoms with Crippen molar-refractivity contribution in [1.29, 1.82) is 0 Å². The van der Waals surface area contributed by atoms with Gasteiger partial charge in [0.2, 0.25) is 0 Å². The van der Waals surface area contributed by atoms with Crippen LogP contribution in [0.25, 0.3) is 0 Å². The van der Waals surface area contributed by atoms with Crippen LogP contribution in [0.1, 0.15) is 17.4 Å². The SMILES string of the molecule is CC(O)(CNC(=O)NCc1ccc(Cl)cc1)c1cccs1. The number of amides is 2. The molecule has 0 aliphatic carbocycles. The minimum atomic E-state index is -1.06. The summed E-state index contributed by atoms with van der Waals surface area (Å²) in [5.41, 5.74) is -0.106. The zero-order chi connectivity index (χ0) is 15.3. The average Bonchev–Trinajstić information content (AvgIpc) is 3.00. The zero-order valence-corrected chi connectivity index (χ0v) is 13.2. The van der Waals surface area contributed by atoms with Crippen LogP contribution in [0, 0.1) is 0 Å². The molecule has 0 fully saturated rings. The Morgan fingerprint density at radius 1 is 1.29 bits per heavy atom. The molecule has 0 saturated heterocycles. The fourth-order valence-electron chi connectivity index (χ4n) is 1.77. The number of benzene rings is 1. The Balaban J connectivity index is 1.78. The molecular formula is C15H17ClN2O2S. The van der Waals surface area contributed by atoms with Crippen LogP contribution >= 0.6 is 22.9 Å². The van der Waals surface area contributed by atoms with E-state index in [0.717, 1.165) is 10.4 Å². The minimum absolute atomic E-state index is 0.153. The van der Waals surface area contributed by atoms with E-state index in [2.05, 4.69) is 10.6 Å². The van der Waals surface area contributed by atoms with Gasteiger partial charge < -0.3 is 15.7 Å². The first kappa shape index (κ1) is 15.8. The van der Waals surface area contributed by atoms with Gasteiger partial charge in [0.05, 0.1) is 6.54 Å². The number of hydrogen-bond donors (Lipinski definition) is 3. The average molecular weight is 325 g/mol. The van der Waals surface area contributed by atoms with Crippen LogP contribution in [0.5, 0.6) is 0 Å². The van der Waals surface area contributed by atoms with Gasteiger partial charge >= 0.3 is 6.03 Å². The standard InChI is InChI=1S/C15H17ClN2O2S/c1-15(20,13-3-2-8-21-13)10-18-14(19)17-9-11-4-6-12(16)7-5-11/h2-8,20H,9-10H2,1H3,(H2,17,18,19). The molecule has 0 bridgehead atoms. The maximum absolute atomic E-state index is 11.7. The summed E-state index contributed by atoms with van der Waals surface area (Å²) in [4.78, 5) is 12.6. The highest BCUT2D eigenvalue weighted by Gasteiger charge is 2.24. The third-order valence-corrected chi connectivity index (χ3v) is 4.39. The van der Waals surface area contributed by atoms with E-state index in [4.69, 9.17) is 11.6 Å². The Morgan fingerprint density at radius 2 is 2.00 bits per heavy atom. The fraction of sp³-hybridized carbons (Fsp3) is 0.267. The topological polar surface area (TPSA) is 61.4 Å². The van der Waals surface area contributed by atoms with E-state index in [1.807, 2.05) is 29.6 Å².